The van der Waals surface area contributed by atoms with Crippen molar-refractivity contribution in [3.05, 3.63) is 12.2 Å². The van der Waals surface area contributed by atoms with Crippen molar-refractivity contribution < 1.29 is 33.5 Å². The van der Waals surface area contributed by atoms with Crippen LogP contribution in [0.2, 0.25) is 0 Å². The molecular formula is C41H83N2O7P. The molecule has 0 aliphatic heterocycles. The highest BCUT2D eigenvalue weighted by Crippen LogP contribution is 2.43. The van der Waals surface area contributed by atoms with E-state index in [4.69, 9.17) is 14.8 Å². The highest BCUT2D eigenvalue weighted by molar-refractivity contribution is 7.47. The van der Waals surface area contributed by atoms with Crippen LogP contribution in [0.3, 0.4) is 0 Å². The molecule has 6 N–H and O–H groups in total. The SMILES string of the molecule is CCCCCCCCCCCCCCCCC/C=C/C(O)C(COP(=O)(O)OCCN)NC(=O)CC(O)CCCCCCCCCCCCCC. The predicted molar refractivity (Wildman–Crippen MR) is 214 cm³/mol. The van der Waals surface area contributed by atoms with Crippen molar-refractivity contribution >= 4 is 13.7 Å². The average molecular weight is 747 g/mol. The van der Waals surface area contributed by atoms with Crippen molar-refractivity contribution in [1.82, 2.24) is 5.32 Å². The molecule has 0 radical (unpaired) electrons. The first-order valence-electron chi connectivity index (χ1n) is 21.4. The fraction of sp³-hybridized carbons (Fsp3) is 0.927. The van der Waals surface area contributed by atoms with Crippen molar-refractivity contribution in [1.29, 1.82) is 0 Å². The molecule has 0 bridgehead atoms. The summed E-state index contributed by atoms with van der Waals surface area (Å²) in [5.41, 5.74) is 5.36. The Morgan fingerprint density at radius 2 is 1.08 bits per heavy atom. The van der Waals surface area contributed by atoms with E-state index in [2.05, 4.69) is 19.2 Å². The van der Waals surface area contributed by atoms with Crippen molar-refractivity contribution in [3.8, 4) is 0 Å². The fourth-order valence-corrected chi connectivity index (χ4v) is 7.17. The molecule has 0 aliphatic rings. The minimum atomic E-state index is -4.39. The van der Waals surface area contributed by atoms with Gasteiger partial charge < -0.3 is 26.2 Å². The smallest absolute Gasteiger partial charge is 0.393 e. The minimum Gasteiger partial charge on any atom is -0.393 e. The van der Waals surface area contributed by atoms with Gasteiger partial charge >= 0.3 is 7.82 Å². The molecule has 0 rings (SSSR count). The summed E-state index contributed by atoms with van der Waals surface area (Å²) in [6.45, 7) is 3.98. The van der Waals surface area contributed by atoms with Gasteiger partial charge in [0.25, 0.3) is 0 Å². The number of aliphatic hydroxyl groups is 2. The van der Waals surface area contributed by atoms with E-state index in [1.54, 1.807) is 6.08 Å². The molecule has 0 aliphatic carbocycles. The second-order valence-electron chi connectivity index (χ2n) is 14.8. The highest BCUT2D eigenvalue weighted by atomic mass is 31.2. The largest absolute Gasteiger partial charge is 0.472 e. The van der Waals surface area contributed by atoms with Crippen LogP contribution in [-0.4, -0.2) is 59.0 Å². The number of carbonyl (C=O) groups is 1. The third-order valence-corrected chi connectivity index (χ3v) is 10.7. The standard InChI is InChI=1S/C41H83N2O7P/c1-3-5-7-9-11-13-15-17-18-19-20-21-23-25-27-29-31-33-40(45)39(37-50-51(47,48)49-35-34-42)43-41(46)36-38(44)32-30-28-26-24-22-16-14-12-10-8-6-4-2/h31,33,38-40,44-45H,3-30,32,34-37,42H2,1-2H3,(H,43,46)(H,47,48)/b33-31+. The first-order chi connectivity index (χ1) is 24.8. The molecule has 0 spiro atoms. The van der Waals surface area contributed by atoms with E-state index in [1.807, 2.05) is 6.08 Å². The van der Waals surface area contributed by atoms with Crippen LogP contribution in [0.4, 0.5) is 0 Å². The molecule has 4 unspecified atom stereocenters. The van der Waals surface area contributed by atoms with Crippen molar-refractivity contribution in [2.75, 3.05) is 19.8 Å². The lowest BCUT2D eigenvalue weighted by Gasteiger charge is -2.24. The normalized spacial score (nSPS) is 14.9. The molecule has 0 aromatic carbocycles. The van der Waals surface area contributed by atoms with Crippen molar-refractivity contribution in [2.45, 2.75) is 225 Å². The van der Waals surface area contributed by atoms with Gasteiger partial charge in [-0.25, -0.2) is 4.57 Å². The van der Waals surface area contributed by atoms with Crippen LogP contribution in [-0.2, 0) is 18.4 Å². The van der Waals surface area contributed by atoms with Gasteiger partial charge in [-0.05, 0) is 19.3 Å². The van der Waals surface area contributed by atoms with E-state index in [0.717, 1.165) is 38.5 Å². The molecule has 0 aromatic rings. The molecule has 0 aromatic heterocycles. The van der Waals surface area contributed by atoms with Crippen LogP contribution in [0.1, 0.15) is 206 Å². The zero-order chi connectivity index (χ0) is 37.7. The van der Waals surface area contributed by atoms with Crippen molar-refractivity contribution in [2.24, 2.45) is 5.73 Å². The summed E-state index contributed by atoms with van der Waals surface area (Å²) in [7, 11) is -4.39. The lowest BCUT2D eigenvalue weighted by atomic mass is 10.0. The van der Waals surface area contributed by atoms with Gasteiger partial charge in [0.1, 0.15) is 0 Å². The topological polar surface area (TPSA) is 151 Å². The van der Waals surface area contributed by atoms with Gasteiger partial charge in [-0.15, -0.1) is 0 Å². The lowest BCUT2D eigenvalue weighted by Crippen LogP contribution is -2.46. The molecule has 0 saturated heterocycles. The van der Waals surface area contributed by atoms with Crippen molar-refractivity contribution in [3.63, 3.8) is 0 Å². The van der Waals surface area contributed by atoms with Gasteiger partial charge in [-0.3, -0.25) is 13.8 Å². The molecule has 0 fully saturated rings. The Hall–Kier alpha value is -0.800. The van der Waals surface area contributed by atoms with Crippen LogP contribution in [0, 0.1) is 0 Å². The summed E-state index contributed by atoms with van der Waals surface area (Å²) in [5.74, 6) is -0.444. The molecule has 51 heavy (non-hydrogen) atoms. The summed E-state index contributed by atoms with van der Waals surface area (Å²) < 4.78 is 22.1. The molecule has 1 amide bonds. The summed E-state index contributed by atoms with van der Waals surface area (Å²) in [6.07, 6.45) is 37.2. The zero-order valence-electron chi connectivity index (χ0n) is 33.2. The van der Waals surface area contributed by atoms with E-state index in [-0.39, 0.29) is 19.6 Å². The lowest BCUT2D eigenvalue weighted by molar-refractivity contribution is -0.124. The number of allylic oxidation sites excluding steroid dienone is 1. The quantitative estimate of drug-likeness (QED) is 0.0236. The summed E-state index contributed by atoms with van der Waals surface area (Å²) >= 11 is 0. The second-order valence-corrected chi connectivity index (χ2v) is 16.2. The Balaban J connectivity index is 4.33. The van der Waals surface area contributed by atoms with E-state index < -0.39 is 38.6 Å². The molecular weight excluding hydrogens is 663 g/mol. The number of aliphatic hydroxyl groups excluding tert-OH is 2. The summed E-state index contributed by atoms with van der Waals surface area (Å²) in [4.78, 5) is 22.7. The number of amides is 1. The Labute approximate surface area is 314 Å². The maximum absolute atomic E-state index is 12.8. The Bertz CT molecular complexity index is 832. The third-order valence-electron chi connectivity index (χ3n) is 9.67. The van der Waals surface area contributed by atoms with Crippen LogP contribution < -0.4 is 11.1 Å². The van der Waals surface area contributed by atoms with E-state index in [0.29, 0.717) is 6.42 Å². The Kier molecular flexibility index (Phi) is 36.9. The van der Waals surface area contributed by atoms with Crippen LogP contribution in [0.15, 0.2) is 12.2 Å². The Morgan fingerprint density at radius 1 is 0.667 bits per heavy atom. The number of unbranched alkanes of at least 4 members (excludes halogenated alkanes) is 26. The van der Waals surface area contributed by atoms with E-state index >= 15 is 0 Å². The predicted octanol–water partition coefficient (Wildman–Crippen LogP) is 10.6. The molecule has 9 nitrogen and oxygen atoms in total. The van der Waals surface area contributed by atoms with Crippen LogP contribution in [0.25, 0.3) is 0 Å². The fourth-order valence-electron chi connectivity index (χ4n) is 6.41. The third kappa shape index (κ3) is 36.0. The van der Waals surface area contributed by atoms with Crippen LogP contribution in [0.5, 0.6) is 0 Å². The molecule has 0 heterocycles. The Morgan fingerprint density at radius 3 is 1.51 bits per heavy atom. The molecule has 0 saturated carbocycles. The second kappa shape index (κ2) is 37.5. The number of nitrogens with two attached hydrogens (primary N) is 1. The number of phosphoric ester groups is 1. The first-order valence-corrected chi connectivity index (χ1v) is 22.9. The monoisotopic (exact) mass is 747 g/mol. The average Bonchev–Trinajstić information content (AvgIpc) is 3.10. The highest BCUT2D eigenvalue weighted by Gasteiger charge is 2.27. The zero-order valence-corrected chi connectivity index (χ0v) is 34.1. The van der Waals surface area contributed by atoms with Gasteiger partial charge in [0.15, 0.2) is 0 Å². The van der Waals surface area contributed by atoms with Crippen LogP contribution >= 0.6 is 7.82 Å². The number of rotatable bonds is 40. The maximum Gasteiger partial charge on any atom is 0.472 e. The number of phosphoric acid groups is 1. The van der Waals surface area contributed by atoms with E-state index in [9.17, 15) is 24.5 Å². The summed E-state index contributed by atoms with van der Waals surface area (Å²) in [6, 6.07) is -0.976. The van der Waals surface area contributed by atoms with Gasteiger partial charge in [0.05, 0.1) is 37.9 Å². The number of nitrogens with one attached hydrogen (secondary N) is 1. The minimum absolute atomic E-state index is 0.0514. The molecule has 4 atom stereocenters. The maximum atomic E-state index is 12.8. The number of carbonyl (C=O) groups excluding carboxylic acids is 1. The van der Waals surface area contributed by atoms with Gasteiger partial charge in [-0.1, -0.05) is 193 Å². The first kappa shape index (κ1) is 50.2. The molecule has 10 heteroatoms. The van der Waals surface area contributed by atoms with Gasteiger partial charge in [0.2, 0.25) is 5.91 Å². The molecule has 304 valence electrons. The number of hydrogen-bond acceptors (Lipinski definition) is 7. The summed E-state index contributed by atoms with van der Waals surface area (Å²) in [5, 5.41) is 24.0. The van der Waals surface area contributed by atoms with Gasteiger partial charge in [0, 0.05) is 6.54 Å². The number of hydrogen-bond donors (Lipinski definition) is 5. The van der Waals surface area contributed by atoms with E-state index in [1.165, 1.54) is 141 Å². The van der Waals surface area contributed by atoms with Gasteiger partial charge in [-0.2, -0.15) is 0 Å².